The lowest BCUT2D eigenvalue weighted by Crippen LogP contribution is -2.26. The van der Waals surface area contributed by atoms with Crippen LogP contribution in [0.4, 0.5) is 0 Å². The Morgan fingerprint density at radius 3 is 3.07 bits per heavy atom. The molecule has 3 N–H and O–H groups in total. The Kier molecular flexibility index (Phi) is 2.98. The number of hydrogen-bond acceptors (Lipinski definition) is 4. The highest BCUT2D eigenvalue weighted by Crippen LogP contribution is 2.34. The SMILES string of the molecule is C=CCC(NN)c1cc2sccc2s1. The van der Waals surface area contributed by atoms with Crippen LogP contribution in [0.25, 0.3) is 9.40 Å². The molecule has 0 fully saturated rings. The van der Waals surface area contributed by atoms with Crippen molar-refractivity contribution in [3.05, 3.63) is 35.0 Å². The maximum atomic E-state index is 5.49. The summed E-state index contributed by atoms with van der Waals surface area (Å²) in [5.74, 6) is 5.49. The second-order valence-electron chi connectivity index (χ2n) is 3.04. The van der Waals surface area contributed by atoms with Crippen LogP contribution < -0.4 is 11.3 Å². The molecule has 0 aliphatic carbocycles. The van der Waals surface area contributed by atoms with Crippen molar-refractivity contribution in [2.45, 2.75) is 12.5 Å². The quantitative estimate of drug-likeness (QED) is 0.476. The summed E-state index contributed by atoms with van der Waals surface area (Å²) in [4.78, 5) is 1.29. The van der Waals surface area contributed by atoms with E-state index in [9.17, 15) is 0 Å². The van der Waals surface area contributed by atoms with Crippen molar-refractivity contribution in [1.29, 1.82) is 0 Å². The zero-order valence-corrected chi connectivity index (χ0v) is 9.33. The van der Waals surface area contributed by atoms with Gasteiger partial charge in [0.25, 0.3) is 0 Å². The predicted molar refractivity (Wildman–Crippen MR) is 64.6 cm³/mol. The lowest BCUT2D eigenvalue weighted by molar-refractivity contribution is 0.571. The first-order valence-corrected chi connectivity index (χ1v) is 6.08. The van der Waals surface area contributed by atoms with Crippen LogP contribution in [0.1, 0.15) is 17.3 Å². The van der Waals surface area contributed by atoms with E-state index in [1.807, 2.05) is 6.08 Å². The van der Waals surface area contributed by atoms with E-state index in [0.29, 0.717) is 0 Å². The summed E-state index contributed by atoms with van der Waals surface area (Å²) < 4.78 is 2.68. The summed E-state index contributed by atoms with van der Waals surface area (Å²) in [6, 6.07) is 4.56. The van der Waals surface area contributed by atoms with Gasteiger partial charge in [0, 0.05) is 14.3 Å². The third-order valence-corrected chi connectivity index (χ3v) is 4.31. The number of nitrogens with one attached hydrogen (secondary N) is 1. The number of thiophene rings is 2. The van der Waals surface area contributed by atoms with E-state index < -0.39 is 0 Å². The Morgan fingerprint density at radius 2 is 2.43 bits per heavy atom. The number of nitrogens with two attached hydrogens (primary N) is 1. The molecule has 2 aromatic rings. The van der Waals surface area contributed by atoms with Gasteiger partial charge in [-0.3, -0.25) is 11.3 Å². The van der Waals surface area contributed by atoms with Gasteiger partial charge in [0.2, 0.25) is 0 Å². The van der Waals surface area contributed by atoms with E-state index >= 15 is 0 Å². The molecule has 0 aliphatic rings. The van der Waals surface area contributed by atoms with Crippen LogP contribution in [-0.2, 0) is 0 Å². The van der Waals surface area contributed by atoms with Crippen LogP contribution in [0.15, 0.2) is 30.2 Å². The number of rotatable bonds is 4. The Labute approximate surface area is 91.0 Å². The van der Waals surface area contributed by atoms with Gasteiger partial charge in [-0.25, -0.2) is 0 Å². The molecule has 0 bridgehead atoms. The average Bonchev–Trinajstić information content (AvgIpc) is 2.73. The second kappa shape index (κ2) is 4.23. The van der Waals surface area contributed by atoms with Crippen molar-refractivity contribution < 1.29 is 0 Å². The highest BCUT2D eigenvalue weighted by atomic mass is 32.1. The molecule has 2 aromatic heterocycles. The number of hydrazine groups is 1. The number of fused-ring (bicyclic) bond motifs is 1. The Morgan fingerprint density at radius 1 is 1.57 bits per heavy atom. The molecular formula is C10H12N2S2. The third-order valence-electron chi connectivity index (χ3n) is 2.11. The van der Waals surface area contributed by atoms with Gasteiger partial charge in [0.1, 0.15) is 0 Å². The lowest BCUT2D eigenvalue weighted by atomic mass is 10.2. The van der Waals surface area contributed by atoms with E-state index in [0.717, 1.165) is 6.42 Å². The summed E-state index contributed by atoms with van der Waals surface area (Å²) in [6.45, 7) is 3.73. The first kappa shape index (κ1) is 9.86. The molecule has 0 radical (unpaired) electrons. The highest BCUT2D eigenvalue weighted by molar-refractivity contribution is 7.26. The van der Waals surface area contributed by atoms with E-state index in [1.54, 1.807) is 22.7 Å². The van der Waals surface area contributed by atoms with Crippen LogP contribution in [0.5, 0.6) is 0 Å². The lowest BCUT2D eigenvalue weighted by Gasteiger charge is -2.10. The first-order valence-electron chi connectivity index (χ1n) is 4.39. The Balaban J connectivity index is 2.32. The molecule has 0 aliphatic heterocycles. The summed E-state index contributed by atoms with van der Waals surface area (Å²) in [7, 11) is 0. The molecule has 0 amide bonds. The molecule has 2 nitrogen and oxygen atoms in total. The van der Waals surface area contributed by atoms with E-state index in [-0.39, 0.29) is 6.04 Å². The van der Waals surface area contributed by atoms with E-state index in [4.69, 9.17) is 5.84 Å². The third kappa shape index (κ3) is 1.74. The van der Waals surface area contributed by atoms with Gasteiger partial charge in [-0.15, -0.1) is 29.3 Å². The van der Waals surface area contributed by atoms with Gasteiger partial charge in [-0.2, -0.15) is 0 Å². The Hall–Kier alpha value is -0.680. The second-order valence-corrected chi connectivity index (χ2v) is 5.10. The number of hydrogen-bond donors (Lipinski definition) is 2. The summed E-state index contributed by atoms with van der Waals surface area (Å²) >= 11 is 3.57. The minimum absolute atomic E-state index is 0.206. The van der Waals surface area contributed by atoms with Crippen LogP contribution in [0.3, 0.4) is 0 Å². The first-order chi connectivity index (χ1) is 6.85. The largest absolute Gasteiger partial charge is 0.271 e. The fraction of sp³-hybridized carbons (Fsp3) is 0.200. The van der Waals surface area contributed by atoms with Crippen molar-refractivity contribution in [1.82, 2.24) is 5.43 Å². The molecule has 0 saturated heterocycles. The van der Waals surface area contributed by atoms with E-state index in [2.05, 4.69) is 29.5 Å². The van der Waals surface area contributed by atoms with Gasteiger partial charge < -0.3 is 0 Å². The summed E-state index contributed by atoms with van der Waals surface area (Å²) in [5, 5.41) is 2.11. The molecule has 74 valence electrons. The zero-order valence-electron chi connectivity index (χ0n) is 7.69. The topological polar surface area (TPSA) is 38.0 Å². The Bertz CT molecular complexity index is 401. The molecule has 2 heterocycles. The summed E-state index contributed by atoms with van der Waals surface area (Å²) in [5.41, 5.74) is 2.81. The average molecular weight is 224 g/mol. The zero-order chi connectivity index (χ0) is 9.97. The van der Waals surface area contributed by atoms with Gasteiger partial charge in [-0.1, -0.05) is 6.08 Å². The van der Waals surface area contributed by atoms with Crippen molar-refractivity contribution in [2.24, 2.45) is 5.84 Å². The molecule has 14 heavy (non-hydrogen) atoms. The van der Waals surface area contributed by atoms with Crippen LogP contribution >= 0.6 is 22.7 Å². The minimum atomic E-state index is 0.206. The van der Waals surface area contributed by atoms with Gasteiger partial charge >= 0.3 is 0 Å². The van der Waals surface area contributed by atoms with Crippen LogP contribution in [0, 0.1) is 0 Å². The van der Waals surface area contributed by atoms with E-state index in [1.165, 1.54) is 14.3 Å². The molecule has 1 unspecified atom stereocenters. The van der Waals surface area contributed by atoms with Crippen molar-refractivity contribution in [3.63, 3.8) is 0 Å². The van der Waals surface area contributed by atoms with Crippen LogP contribution in [-0.4, -0.2) is 0 Å². The van der Waals surface area contributed by atoms with Gasteiger partial charge in [0.15, 0.2) is 0 Å². The predicted octanol–water partition coefficient (Wildman–Crippen LogP) is 3.04. The summed E-state index contributed by atoms with van der Waals surface area (Å²) in [6.07, 6.45) is 2.75. The van der Waals surface area contributed by atoms with Gasteiger partial charge in [0.05, 0.1) is 6.04 Å². The molecule has 0 aromatic carbocycles. The fourth-order valence-corrected chi connectivity index (χ4v) is 3.58. The standard InChI is InChI=1S/C10H12N2S2/c1-2-3-7(12-11)9-6-10-8(14-9)4-5-13-10/h2,4-7,12H,1,3,11H2. The maximum Gasteiger partial charge on any atom is 0.0588 e. The highest BCUT2D eigenvalue weighted by Gasteiger charge is 2.11. The normalized spacial score (nSPS) is 13.2. The van der Waals surface area contributed by atoms with Crippen LogP contribution in [0.2, 0.25) is 0 Å². The minimum Gasteiger partial charge on any atom is -0.271 e. The smallest absolute Gasteiger partial charge is 0.0588 e. The van der Waals surface area contributed by atoms with Crippen molar-refractivity contribution in [2.75, 3.05) is 0 Å². The van der Waals surface area contributed by atoms with Crippen molar-refractivity contribution >= 4 is 32.1 Å². The molecule has 1 atom stereocenters. The molecule has 0 spiro atoms. The fourth-order valence-electron chi connectivity index (χ4n) is 1.39. The molecule has 4 heteroatoms. The maximum absolute atomic E-state index is 5.49. The molecular weight excluding hydrogens is 212 g/mol. The monoisotopic (exact) mass is 224 g/mol. The van der Waals surface area contributed by atoms with Gasteiger partial charge in [-0.05, 0) is 23.9 Å². The molecule has 2 rings (SSSR count). The molecule has 0 saturated carbocycles. The van der Waals surface area contributed by atoms with Crippen molar-refractivity contribution in [3.8, 4) is 0 Å².